The topological polar surface area (TPSA) is 68.1 Å². The number of hydrogen-bond acceptors (Lipinski definition) is 5. The van der Waals surface area contributed by atoms with E-state index < -0.39 is 0 Å². The minimum atomic E-state index is -0.147. The van der Waals surface area contributed by atoms with E-state index in [4.69, 9.17) is 9.15 Å². The normalized spacial score (nSPS) is 11.1. The summed E-state index contributed by atoms with van der Waals surface area (Å²) in [6, 6.07) is 9.46. The number of benzene rings is 1. The van der Waals surface area contributed by atoms with Gasteiger partial charge in [0.25, 0.3) is 5.56 Å². The van der Waals surface area contributed by atoms with Crippen molar-refractivity contribution in [2.45, 2.75) is 6.92 Å². The molecular formula is C18H14N2O3S. The lowest BCUT2D eigenvalue weighted by Gasteiger charge is -2.04. The first-order valence-corrected chi connectivity index (χ1v) is 8.19. The van der Waals surface area contributed by atoms with Crippen molar-refractivity contribution in [2.24, 2.45) is 0 Å². The van der Waals surface area contributed by atoms with E-state index in [-0.39, 0.29) is 5.56 Å². The first-order valence-electron chi connectivity index (χ1n) is 7.38. The van der Waals surface area contributed by atoms with Crippen LogP contribution in [-0.2, 0) is 0 Å². The van der Waals surface area contributed by atoms with Gasteiger partial charge in [-0.25, -0.2) is 4.98 Å². The zero-order valence-corrected chi connectivity index (χ0v) is 13.9. The van der Waals surface area contributed by atoms with Crippen molar-refractivity contribution < 1.29 is 9.15 Å². The third-order valence-corrected chi connectivity index (χ3v) is 4.91. The second-order valence-electron chi connectivity index (χ2n) is 5.37. The van der Waals surface area contributed by atoms with E-state index in [0.717, 1.165) is 32.1 Å². The van der Waals surface area contributed by atoms with Gasteiger partial charge in [-0.3, -0.25) is 4.79 Å². The average Bonchev–Trinajstić information content (AvgIpc) is 3.22. The number of nitrogens with zero attached hydrogens (tertiary/aromatic N) is 1. The van der Waals surface area contributed by atoms with Gasteiger partial charge in [-0.15, -0.1) is 11.3 Å². The van der Waals surface area contributed by atoms with Gasteiger partial charge in [0, 0.05) is 10.4 Å². The average molecular weight is 338 g/mol. The van der Waals surface area contributed by atoms with Gasteiger partial charge >= 0.3 is 0 Å². The largest absolute Gasteiger partial charge is 0.497 e. The predicted octanol–water partition coefficient (Wildman–Crippen LogP) is 4.23. The number of fused-ring (bicyclic) bond motifs is 1. The molecule has 1 N–H and O–H groups in total. The highest BCUT2D eigenvalue weighted by atomic mass is 32.1. The summed E-state index contributed by atoms with van der Waals surface area (Å²) in [5.74, 6) is 1.30. The summed E-state index contributed by atoms with van der Waals surface area (Å²) in [5.41, 5.74) is 2.51. The quantitative estimate of drug-likeness (QED) is 0.607. The molecule has 24 heavy (non-hydrogen) atoms. The minimum absolute atomic E-state index is 0.147. The van der Waals surface area contributed by atoms with Crippen LogP contribution in [-0.4, -0.2) is 17.1 Å². The van der Waals surface area contributed by atoms with Crippen LogP contribution in [0.15, 0.2) is 52.1 Å². The minimum Gasteiger partial charge on any atom is -0.497 e. The molecule has 0 bridgehead atoms. The van der Waals surface area contributed by atoms with Crippen molar-refractivity contribution in [1.82, 2.24) is 9.97 Å². The van der Waals surface area contributed by atoms with Crippen molar-refractivity contribution >= 4 is 21.6 Å². The SMILES string of the molecule is COc1ccc(-c2c(C)sc3nc(-c4ccoc4)[nH]c(=O)c23)cc1. The number of hydrogen-bond donors (Lipinski definition) is 1. The van der Waals surface area contributed by atoms with Crippen LogP contribution in [0.3, 0.4) is 0 Å². The number of furan rings is 1. The van der Waals surface area contributed by atoms with Crippen molar-refractivity contribution in [3.63, 3.8) is 0 Å². The van der Waals surface area contributed by atoms with E-state index in [2.05, 4.69) is 9.97 Å². The van der Waals surface area contributed by atoms with Crippen molar-refractivity contribution in [1.29, 1.82) is 0 Å². The van der Waals surface area contributed by atoms with Crippen LogP contribution in [0.4, 0.5) is 0 Å². The Morgan fingerprint density at radius 1 is 1.17 bits per heavy atom. The van der Waals surface area contributed by atoms with Crippen LogP contribution in [0.1, 0.15) is 4.88 Å². The smallest absolute Gasteiger partial charge is 0.260 e. The molecule has 0 amide bonds. The van der Waals surface area contributed by atoms with Crippen LogP contribution in [0.5, 0.6) is 5.75 Å². The third-order valence-electron chi connectivity index (χ3n) is 3.91. The standard InChI is InChI=1S/C18H14N2O3S/c1-10-14(11-3-5-13(22-2)6-4-11)15-17(21)19-16(20-18(15)24-10)12-7-8-23-9-12/h3-9H,1-2H3,(H,19,20,21). The number of ether oxygens (including phenoxy) is 1. The van der Waals surface area contributed by atoms with Crippen LogP contribution in [0, 0.1) is 6.92 Å². The molecule has 0 atom stereocenters. The van der Waals surface area contributed by atoms with Crippen molar-refractivity contribution in [2.75, 3.05) is 7.11 Å². The highest BCUT2D eigenvalue weighted by molar-refractivity contribution is 7.19. The zero-order valence-electron chi connectivity index (χ0n) is 13.1. The zero-order chi connectivity index (χ0) is 16.7. The molecule has 5 nitrogen and oxygen atoms in total. The number of aryl methyl sites for hydroxylation is 1. The second-order valence-corrected chi connectivity index (χ2v) is 6.57. The first kappa shape index (κ1) is 14.7. The summed E-state index contributed by atoms with van der Waals surface area (Å²) in [6.07, 6.45) is 3.12. The Balaban J connectivity index is 1.93. The summed E-state index contributed by atoms with van der Waals surface area (Å²) in [4.78, 5) is 21.9. The molecule has 3 aromatic heterocycles. The Bertz CT molecular complexity index is 1060. The van der Waals surface area contributed by atoms with E-state index in [1.54, 1.807) is 25.7 Å². The van der Waals surface area contributed by atoms with E-state index in [1.165, 1.54) is 11.3 Å². The number of aromatic nitrogens is 2. The first-order chi connectivity index (χ1) is 11.7. The molecule has 4 aromatic rings. The summed E-state index contributed by atoms with van der Waals surface area (Å²) in [6.45, 7) is 2.00. The monoisotopic (exact) mass is 338 g/mol. The second kappa shape index (κ2) is 5.65. The summed E-state index contributed by atoms with van der Waals surface area (Å²) >= 11 is 1.52. The molecule has 3 heterocycles. The highest BCUT2D eigenvalue weighted by Gasteiger charge is 2.17. The molecule has 4 rings (SSSR count). The maximum Gasteiger partial charge on any atom is 0.260 e. The van der Waals surface area contributed by atoms with Crippen LogP contribution < -0.4 is 10.3 Å². The molecular weight excluding hydrogens is 324 g/mol. The van der Waals surface area contributed by atoms with E-state index in [0.29, 0.717) is 11.2 Å². The Morgan fingerprint density at radius 3 is 2.62 bits per heavy atom. The van der Waals surface area contributed by atoms with Gasteiger partial charge in [-0.05, 0) is 30.7 Å². The molecule has 1 aromatic carbocycles. The Morgan fingerprint density at radius 2 is 1.96 bits per heavy atom. The number of nitrogens with one attached hydrogen (secondary N) is 1. The number of H-pyrrole nitrogens is 1. The van der Waals surface area contributed by atoms with Crippen molar-refractivity contribution in [3.05, 3.63) is 58.1 Å². The Hall–Kier alpha value is -2.86. The van der Waals surface area contributed by atoms with Crippen molar-refractivity contribution in [3.8, 4) is 28.3 Å². The number of thiophene rings is 1. The van der Waals surface area contributed by atoms with Gasteiger partial charge in [-0.1, -0.05) is 12.1 Å². The number of rotatable bonds is 3. The third kappa shape index (κ3) is 2.32. The molecule has 120 valence electrons. The summed E-state index contributed by atoms with van der Waals surface area (Å²) in [7, 11) is 1.63. The molecule has 0 saturated heterocycles. The van der Waals surface area contributed by atoms with Crippen LogP contribution in [0.2, 0.25) is 0 Å². The van der Waals surface area contributed by atoms with E-state index in [1.807, 2.05) is 31.2 Å². The van der Waals surface area contributed by atoms with Gasteiger partial charge in [0.1, 0.15) is 22.7 Å². The molecule has 0 aliphatic rings. The highest BCUT2D eigenvalue weighted by Crippen LogP contribution is 2.36. The molecule has 6 heteroatoms. The molecule has 0 fully saturated rings. The number of aromatic amines is 1. The van der Waals surface area contributed by atoms with Crippen LogP contribution >= 0.6 is 11.3 Å². The number of methoxy groups -OCH3 is 1. The summed E-state index contributed by atoms with van der Waals surface area (Å²) in [5, 5.41) is 0.620. The lowest BCUT2D eigenvalue weighted by Crippen LogP contribution is -2.08. The van der Waals surface area contributed by atoms with Gasteiger partial charge in [0.2, 0.25) is 0 Å². The fraction of sp³-hybridized carbons (Fsp3) is 0.111. The lowest BCUT2D eigenvalue weighted by atomic mass is 10.0. The predicted molar refractivity (Wildman–Crippen MR) is 94.7 cm³/mol. The fourth-order valence-corrected chi connectivity index (χ4v) is 3.81. The molecule has 0 aliphatic carbocycles. The van der Waals surface area contributed by atoms with E-state index in [9.17, 15) is 4.79 Å². The Labute approximate surface area is 141 Å². The van der Waals surface area contributed by atoms with Gasteiger partial charge < -0.3 is 14.1 Å². The summed E-state index contributed by atoms with van der Waals surface area (Å²) < 4.78 is 10.3. The van der Waals surface area contributed by atoms with Gasteiger partial charge in [0.15, 0.2) is 0 Å². The molecule has 0 saturated carbocycles. The fourth-order valence-electron chi connectivity index (χ4n) is 2.76. The molecule has 0 aliphatic heterocycles. The Kier molecular flexibility index (Phi) is 3.46. The maximum absolute atomic E-state index is 12.7. The molecule has 0 unspecified atom stereocenters. The molecule has 0 spiro atoms. The lowest BCUT2D eigenvalue weighted by molar-refractivity contribution is 0.415. The van der Waals surface area contributed by atoms with Crippen LogP contribution in [0.25, 0.3) is 32.7 Å². The molecule has 0 radical (unpaired) electrons. The van der Waals surface area contributed by atoms with Gasteiger partial charge in [-0.2, -0.15) is 0 Å². The van der Waals surface area contributed by atoms with E-state index >= 15 is 0 Å². The van der Waals surface area contributed by atoms with Gasteiger partial charge in [0.05, 0.1) is 24.3 Å². The maximum atomic E-state index is 12.7.